The second-order valence-corrected chi connectivity index (χ2v) is 8.74. The largest absolute Gasteiger partial charge is 0.460 e. The van der Waals surface area contributed by atoms with Gasteiger partial charge in [0, 0.05) is 13.1 Å². The van der Waals surface area contributed by atoms with E-state index < -0.39 is 101 Å². The molecule has 0 bridgehead atoms. The highest BCUT2D eigenvalue weighted by molar-refractivity contribution is 7.85. The fraction of sp³-hybridized carbons (Fsp3) is 0.929. The summed E-state index contributed by atoms with van der Waals surface area (Å²) in [5, 5.41) is 9.38. The molecule has 4 N–H and O–H groups in total. The van der Waals surface area contributed by atoms with E-state index in [1.54, 1.807) is 0 Å². The first-order valence-corrected chi connectivity index (χ1v) is 10.5. The molecule has 0 saturated carbocycles. The molecule has 0 radical (unpaired) electrons. The molecule has 0 saturated heterocycles. The first-order valence-electron chi connectivity index (χ1n) is 8.93. The third-order valence-corrected chi connectivity index (χ3v) is 5.16. The van der Waals surface area contributed by atoms with E-state index in [-0.39, 0.29) is 0 Å². The Morgan fingerprint density at radius 2 is 1.14 bits per heavy atom. The SMILES string of the molecule is NCCCN(CC(O)CS(=O)(=O)O)C(=O)C(F)(F)C(F)(F)C(F)(F)C(F)(F)C(F)(F)C(F)(F)C(F)(F)F. The van der Waals surface area contributed by atoms with Gasteiger partial charge < -0.3 is 15.7 Å². The van der Waals surface area contributed by atoms with Gasteiger partial charge in [-0.1, -0.05) is 0 Å². The molecule has 1 amide bonds. The van der Waals surface area contributed by atoms with Gasteiger partial charge in [-0.05, 0) is 13.0 Å². The van der Waals surface area contributed by atoms with Crippen molar-refractivity contribution in [3.63, 3.8) is 0 Å². The van der Waals surface area contributed by atoms with Crippen molar-refractivity contribution in [2.75, 3.05) is 25.4 Å². The van der Waals surface area contributed by atoms with Gasteiger partial charge in [-0.25, -0.2) is 0 Å². The molecule has 0 aromatic rings. The van der Waals surface area contributed by atoms with E-state index in [0.29, 0.717) is 0 Å². The van der Waals surface area contributed by atoms with E-state index in [4.69, 9.17) is 10.3 Å². The van der Waals surface area contributed by atoms with Gasteiger partial charge in [0.1, 0.15) is 5.75 Å². The van der Waals surface area contributed by atoms with Gasteiger partial charge in [-0.3, -0.25) is 9.35 Å². The van der Waals surface area contributed by atoms with Crippen LogP contribution in [0.15, 0.2) is 0 Å². The zero-order valence-electron chi connectivity index (χ0n) is 17.3. The maximum absolute atomic E-state index is 14.1. The van der Waals surface area contributed by atoms with E-state index >= 15 is 0 Å². The van der Waals surface area contributed by atoms with E-state index in [9.17, 15) is 84.2 Å². The van der Waals surface area contributed by atoms with Crippen molar-refractivity contribution in [3.8, 4) is 0 Å². The molecule has 0 aromatic heterocycles. The number of carbonyl (C=O) groups is 1. The number of hydrogen-bond donors (Lipinski definition) is 3. The summed E-state index contributed by atoms with van der Waals surface area (Å²) < 4.78 is 229. The smallest absolute Gasteiger partial charge is 0.390 e. The second-order valence-electron chi connectivity index (χ2n) is 7.24. The summed E-state index contributed by atoms with van der Waals surface area (Å²) in [5.41, 5.74) is 4.92. The molecule has 222 valence electrons. The van der Waals surface area contributed by atoms with E-state index in [0.717, 1.165) is 0 Å². The lowest BCUT2D eigenvalue weighted by atomic mass is 9.90. The van der Waals surface area contributed by atoms with Crippen molar-refractivity contribution in [1.29, 1.82) is 0 Å². The van der Waals surface area contributed by atoms with Crippen LogP contribution in [-0.2, 0) is 14.9 Å². The average molecular weight is 608 g/mol. The molecule has 0 fully saturated rings. The van der Waals surface area contributed by atoms with Gasteiger partial charge in [-0.2, -0.15) is 74.3 Å². The third kappa shape index (κ3) is 6.29. The van der Waals surface area contributed by atoms with Crippen LogP contribution in [0.5, 0.6) is 0 Å². The summed E-state index contributed by atoms with van der Waals surface area (Å²) in [5.74, 6) is -54.7. The minimum Gasteiger partial charge on any atom is -0.390 e. The fourth-order valence-electron chi connectivity index (χ4n) is 2.41. The van der Waals surface area contributed by atoms with Crippen molar-refractivity contribution in [2.24, 2.45) is 5.73 Å². The van der Waals surface area contributed by atoms with Crippen LogP contribution in [0, 0.1) is 0 Å². The van der Waals surface area contributed by atoms with Crippen LogP contribution in [0.3, 0.4) is 0 Å². The van der Waals surface area contributed by atoms with Crippen molar-refractivity contribution in [2.45, 2.75) is 54.2 Å². The summed E-state index contributed by atoms with van der Waals surface area (Å²) in [6.07, 6.45) is -11.2. The van der Waals surface area contributed by atoms with Gasteiger partial charge in [-0.15, -0.1) is 0 Å². The topological polar surface area (TPSA) is 121 Å². The Morgan fingerprint density at radius 3 is 1.49 bits per heavy atom. The molecule has 0 heterocycles. The summed E-state index contributed by atoms with van der Waals surface area (Å²) >= 11 is 0. The molecular weight excluding hydrogens is 593 g/mol. The molecule has 0 rings (SSSR count). The normalized spacial score (nSPS) is 16.1. The van der Waals surface area contributed by atoms with Gasteiger partial charge in [0.15, 0.2) is 0 Å². The van der Waals surface area contributed by atoms with Crippen LogP contribution in [-0.4, -0.2) is 102 Å². The first-order chi connectivity index (χ1) is 16.0. The Balaban J connectivity index is 6.63. The van der Waals surface area contributed by atoms with Crippen LogP contribution in [0.1, 0.15) is 6.42 Å². The maximum Gasteiger partial charge on any atom is 0.460 e. The van der Waals surface area contributed by atoms with Crippen molar-refractivity contribution < 1.29 is 88.7 Å². The van der Waals surface area contributed by atoms with Crippen LogP contribution in [0.25, 0.3) is 0 Å². The Labute approximate surface area is 196 Å². The van der Waals surface area contributed by atoms with Crippen LogP contribution < -0.4 is 5.73 Å². The van der Waals surface area contributed by atoms with Crippen LogP contribution >= 0.6 is 0 Å². The Kier molecular flexibility index (Phi) is 9.94. The molecular formula is C14H15F15N2O5S. The summed E-state index contributed by atoms with van der Waals surface area (Å²) in [7, 11) is -5.18. The summed E-state index contributed by atoms with van der Waals surface area (Å²) in [4.78, 5) is 11.0. The molecule has 1 atom stereocenters. The van der Waals surface area contributed by atoms with Crippen LogP contribution in [0.2, 0.25) is 0 Å². The van der Waals surface area contributed by atoms with Crippen molar-refractivity contribution in [3.05, 3.63) is 0 Å². The Bertz CT molecular complexity index is 923. The highest BCUT2D eigenvalue weighted by Gasteiger charge is 2.94. The fourth-order valence-corrected chi connectivity index (χ4v) is 3.00. The lowest BCUT2D eigenvalue weighted by Gasteiger charge is -2.41. The highest BCUT2D eigenvalue weighted by Crippen LogP contribution is 2.62. The number of nitrogens with zero attached hydrogens (tertiary/aromatic N) is 1. The number of aliphatic hydroxyl groups excluding tert-OH is 1. The number of alkyl halides is 15. The number of hydrogen-bond acceptors (Lipinski definition) is 5. The number of amides is 1. The molecule has 1 unspecified atom stereocenters. The molecule has 0 aliphatic heterocycles. The van der Waals surface area contributed by atoms with Crippen molar-refractivity contribution in [1.82, 2.24) is 4.90 Å². The quantitative estimate of drug-likeness (QED) is 0.219. The highest BCUT2D eigenvalue weighted by atomic mass is 32.2. The Hall–Kier alpha value is -1.75. The maximum atomic E-state index is 14.1. The van der Waals surface area contributed by atoms with Gasteiger partial charge in [0.25, 0.3) is 16.0 Å². The molecule has 7 nitrogen and oxygen atoms in total. The van der Waals surface area contributed by atoms with Gasteiger partial charge in [0.2, 0.25) is 0 Å². The zero-order chi connectivity index (χ0) is 30.3. The minimum absolute atomic E-state index is 0.632. The standard InChI is InChI=1S/C14H15F15N2O5S/c15-8(16,7(33)31(3-1-2-30)4-6(32)5-37(34,35)36)9(17,18)10(19,20)11(21,22)12(23,24)13(25,26)14(27,28)29/h6,32H,1-5,30H2,(H,34,35,36). The monoisotopic (exact) mass is 608 g/mol. The molecule has 0 spiro atoms. The predicted octanol–water partition coefficient (Wildman–Crippen LogP) is 2.79. The molecule has 37 heavy (non-hydrogen) atoms. The molecule has 0 aliphatic rings. The predicted molar refractivity (Wildman–Crippen MR) is 88.4 cm³/mol. The lowest BCUT2D eigenvalue weighted by molar-refractivity contribution is -0.449. The number of halogens is 15. The third-order valence-electron chi connectivity index (χ3n) is 4.35. The van der Waals surface area contributed by atoms with Gasteiger partial charge in [0.05, 0.1) is 6.10 Å². The number of carbonyl (C=O) groups excluding carboxylic acids is 1. The average Bonchev–Trinajstić information content (AvgIpc) is 2.67. The van der Waals surface area contributed by atoms with E-state index in [1.807, 2.05) is 0 Å². The number of aliphatic hydroxyl groups is 1. The Morgan fingerprint density at radius 1 is 0.757 bits per heavy atom. The second kappa shape index (κ2) is 10.4. The van der Waals surface area contributed by atoms with E-state index in [2.05, 4.69) is 0 Å². The first kappa shape index (κ1) is 35.2. The van der Waals surface area contributed by atoms with Crippen molar-refractivity contribution >= 4 is 16.0 Å². The summed E-state index contributed by atoms with van der Waals surface area (Å²) in [6.45, 7) is -3.85. The van der Waals surface area contributed by atoms with Gasteiger partial charge >= 0.3 is 41.7 Å². The van der Waals surface area contributed by atoms with Crippen LogP contribution in [0.4, 0.5) is 65.9 Å². The van der Waals surface area contributed by atoms with E-state index in [1.165, 1.54) is 0 Å². The minimum atomic E-state index is -8.60. The summed E-state index contributed by atoms with van der Waals surface area (Å²) in [6, 6.07) is 0. The lowest BCUT2D eigenvalue weighted by Crippen LogP contribution is -2.74. The molecule has 23 heteroatoms. The number of nitrogens with two attached hydrogens (primary N) is 1. The molecule has 0 aromatic carbocycles. The molecule has 0 aliphatic carbocycles. The zero-order valence-corrected chi connectivity index (χ0v) is 18.2. The number of rotatable bonds is 13.